The smallest absolute Gasteiger partial charge is 0.351 e. The van der Waals surface area contributed by atoms with Gasteiger partial charge in [-0.1, -0.05) is 6.58 Å². The first-order chi connectivity index (χ1) is 4.04. The van der Waals surface area contributed by atoms with E-state index < -0.39 is 5.97 Å². The van der Waals surface area contributed by atoms with E-state index in [-0.39, 0.29) is 10.8 Å². The van der Waals surface area contributed by atoms with E-state index in [9.17, 15) is 4.79 Å². The molecule has 0 saturated carbocycles. The SMILES string of the molecule is C=C(NC(N)=S)C(=O)O. The molecule has 0 radical (unpaired) electrons. The number of carboxylic acid groups (broad SMARTS) is 1. The van der Waals surface area contributed by atoms with E-state index in [0.29, 0.717) is 0 Å². The monoisotopic (exact) mass is 146 g/mol. The summed E-state index contributed by atoms with van der Waals surface area (Å²) in [5, 5.41) is 10.2. The third-order valence-electron chi connectivity index (χ3n) is 0.532. The third kappa shape index (κ3) is 3.48. The molecule has 0 rings (SSSR count). The van der Waals surface area contributed by atoms with Crippen LogP contribution < -0.4 is 11.1 Å². The van der Waals surface area contributed by atoms with Crippen LogP contribution >= 0.6 is 12.2 Å². The molecule has 0 aliphatic heterocycles. The predicted octanol–water partition coefficient (Wildman–Crippen LogP) is -0.582. The molecule has 0 aliphatic carbocycles. The molecule has 0 aliphatic rings. The van der Waals surface area contributed by atoms with Gasteiger partial charge in [-0.05, 0) is 12.2 Å². The van der Waals surface area contributed by atoms with Crippen molar-refractivity contribution in [3.05, 3.63) is 12.3 Å². The minimum Gasteiger partial charge on any atom is -0.477 e. The summed E-state index contributed by atoms with van der Waals surface area (Å²) < 4.78 is 0. The highest BCUT2D eigenvalue weighted by atomic mass is 32.1. The molecule has 0 amide bonds. The van der Waals surface area contributed by atoms with Crippen molar-refractivity contribution in [1.82, 2.24) is 5.32 Å². The standard InChI is InChI=1S/C4H6N2O2S/c1-2(3(7)8)6-4(5)9/h1H2,(H,7,8)(H3,5,6,9). The van der Waals surface area contributed by atoms with Gasteiger partial charge in [0.15, 0.2) is 5.11 Å². The summed E-state index contributed by atoms with van der Waals surface area (Å²) in [6.45, 7) is 3.12. The minimum absolute atomic E-state index is 0.0950. The third-order valence-corrected chi connectivity index (χ3v) is 0.634. The second-order valence-electron chi connectivity index (χ2n) is 1.27. The molecule has 0 aromatic rings. The second-order valence-corrected chi connectivity index (χ2v) is 1.71. The van der Waals surface area contributed by atoms with Gasteiger partial charge < -0.3 is 16.2 Å². The summed E-state index contributed by atoms with van der Waals surface area (Å²) in [5.41, 5.74) is 4.71. The number of carboxylic acids is 1. The lowest BCUT2D eigenvalue weighted by atomic mass is 10.5. The number of nitrogens with two attached hydrogens (primary N) is 1. The fourth-order valence-electron chi connectivity index (χ4n) is 0.202. The predicted molar refractivity (Wildman–Crippen MR) is 36.7 cm³/mol. The van der Waals surface area contributed by atoms with Crippen molar-refractivity contribution in [3.63, 3.8) is 0 Å². The largest absolute Gasteiger partial charge is 0.477 e. The van der Waals surface area contributed by atoms with Crippen LogP contribution in [-0.4, -0.2) is 16.2 Å². The van der Waals surface area contributed by atoms with Gasteiger partial charge in [0.2, 0.25) is 0 Å². The topological polar surface area (TPSA) is 75.3 Å². The van der Waals surface area contributed by atoms with Crippen molar-refractivity contribution in [1.29, 1.82) is 0 Å². The van der Waals surface area contributed by atoms with E-state index in [1.54, 1.807) is 0 Å². The Morgan fingerprint density at radius 1 is 1.78 bits per heavy atom. The Bertz CT molecular complexity index is 166. The normalized spacial score (nSPS) is 8.00. The van der Waals surface area contributed by atoms with Gasteiger partial charge in [0, 0.05) is 0 Å². The van der Waals surface area contributed by atoms with Crippen LogP contribution in [0.1, 0.15) is 0 Å². The minimum atomic E-state index is -1.16. The molecular formula is C4H6N2O2S. The van der Waals surface area contributed by atoms with Crippen LogP contribution in [0.3, 0.4) is 0 Å². The van der Waals surface area contributed by atoms with Crippen LogP contribution in [0.5, 0.6) is 0 Å². The first-order valence-corrected chi connectivity index (χ1v) is 2.43. The van der Waals surface area contributed by atoms with E-state index in [0.717, 1.165) is 0 Å². The number of hydrogen-bond donors (Lipinski definition) is 3. The summed E-state index contributed by atoms with van der Waals surface area (Å²) in [5.74, 6) is -1.16. The summed E-state index contributed by atoms with van der Waals surface area (Å²) >= 11 is 4.33. The summed E-state index contributed by atoms with van der Waals surface area (Å²) in [4.78, 5) is 9.96. The van der Waals surface area contributed by atoms with Crippen LogP contribution in [0.4, 0.5) is 0 Å². The first-order valence-electron chi connectivity index (χ1n) is 2.02. The van der Waals surface area contributed by atoms with E-state index in [1.807, 2.05) is 0 Å². The van der Waals surface area contributed by atoms with Crippen molar-refractivity contribution >= 4 is 23.3 Å². The van der Waals surface area contributed by atoms with E-state index in [2.05, 4.69) is 24.1 Å². The fourth-order valence-corrected chi connectivity index (χ4v) is 0.325. The zero-order chi connectivity index (χ0) is 7.44. The van der Waals surface area contributed by atoms with Gasteiger partial charge in [0.1, 0.15) is 5.70 Å². The van der Waals surface area contributed by atoms with E-state index in [1.165, 1.54) is 0 Å². The van der Waals surface area contributed by atoms with Gasteiger partial charge >= 0.3 is 5.97 Å². The highest BCUT2D eigenvalue weighted by Crippen LogP contribution is 1.80. The number of aliphatic carboxylic acids is 1. The molecule has 0 saturated heterocycles. The molecule has 0 aromatic carbocycles. The highest BCUT2D eigenvalue weighted by molar-refractivity contribution is 7.80. The van der Waals surface area contributed by atoms with Gasteiger partial charge in [-0.15, -0.1) is 0 Å². The summed E-state index contributed by atoms with van der Waals surface area (Å²) in [6.07, 6.45) is 0. The average molecular weight is 146 g/mol. The molecular weight excluding hydrogens is 140 g/mol. The van der Waals surface area contributed by atoms with Gasteiger partial charge in [-0.3, -0.25) is 0 Å². The number of hydrogen-bond acceptors (Lipinski definition) is 2. The van der Waals surface area contributed by atoms with Gasteiger partial charge in [0.25, 0.3) is 0 Å². The molecule has 9 heavy (non-hydrogen) atoms. The van der Waals surface area contributed by atoms with Crippen molar-refractivity contribution < 1.29 is 9.90 Å². The Balaban J connectivity index is 3.79. The Kier molecular flexibility index (Phi) is 2.66. The summed E-state index contributed by atoms with van der Waals surface area (Å²) in [6, 6.07) is 0. The Morgan fingerprint density at radius 3 is 2.33 bits per heavy atom. The van der Waals surface area contributed by atoms with Crippen LogP contribution in [0.25, 0.3) is 0 Å². The lowest BCUT2D eigenvalue weighted by molar-refractivity contribution is -0.132. The maximum Gasteiger partial charge on any atom is 0.351 e. The molecule has 0 aromatic heterocycles. The van der Waals surface area contributed by atoms with Gasteiger partial charge in [-0.2, -0.15) is 0 Å². The lowest BCUT2D eigenvalue weighted by Crippen LogP contribution is -2.30. The highest BCUT2D eigenvalue weighted by Gasteiger charge is 2.01. The first kappa shape index (κ1) is 7.90. The van der Waals surface area contributed by atoms with E-state index in [4.69, 9.17) is 10.8 Å². The molecule has 50 valence electrons. The van der Waals surface area contributed by atoms with Crippen molar-refractivity contribution in [2.24, 2.45) is 5.73 Å². The van der Waals surface area contributed by atoms with Crippen LogP contribution in [0.15, 0.2) is 12.3 Å². The molecule has 0 spiro atoms. The molecule has 5 heteroatoms. The number of thiocarbonyl (C=S) groups is 1. The number of carbonyl (C=O) groups is 1. The van der Waals surface area contributed by atoms with Crippen molar-refractivity contribution in [2.45, 2.75) is 0 Å². The maximum atomic E-state index is 9.96. The quantitative estimate of drug-likeness (QED) is 0.359. The Labute approximate surface area is 57.3 Å². The molecule has 0 bridgehead atoms. The fraction of sp³-hybridized carbons (Fsp3) is 0. The van der Waals surface area contributed by atoms with Crippen molar-refractivity contribution in [3.8, 4) is 0 Å². The van der Waals surface area contributed by atoms with Crippen LogP contribution in [-0.2, 0) is 4.79 Å². The van der Waals surface area contributed by atoms with E-state index >= 15 is 0 Å². The second kappa shape index (κ2) is 3.03. The average Bonchev–Trinajstić information content (AvgIpc) is 1.63. The van der Waals surface area contributed by atoms with Crippen molar-refractivity contribution in [2.75, 3.05) is 0 Å². The molecule has 0 heterocycles. The number of nitrogens with one attached hydrogen (secondary N) is 1. The molecule has 4 N–H and O–H groups in total. The van der Waals surface area contributed by atoms with Gasteiger partial charge in [-0.25, -0.2) is 4.79 Å². The van der Waals surface area contributed by atoms with Crippen LogP contribution in [0.2, 0.25) is 0 Å². The zero-order valence-electron chi connectivity index (χ0n) is 4.55. The molecule has 0 fully saturated rings. The molecule has 0 atom stereocenters. The Morgan fingerprint density at radius 2 is 2.22 bits per heavy atom. The van der Waals surface area contributed by atoms with Crippen LogP contribution in [0, 0.1) is 0 Å². The molecule has 4 nitrogen and oxygen atoms in total. The lowest BCUT2D eigenvalue weighted by Gasteiger charge is -1.99. The summed E-state index contributed by atoms with van der Waals surface area (Å²) in [7, 11) is 0. The number of rotatable bonds is 2. The molecule has 0 unspecified atom stereocenters. The van der Waals surface area contributed by atoms with Gasteiger partial charge in [0.05, 0.1) is 0 Å². The maximum absolute atomic E-state index is 9.96. The zero-order valence-corrected chi connectivity index (χ0v) is 5.36. The Hall–Kier alpha value is -1.10.